The van der Waals surface area contributed by atoms with Gasteiger partial charge in [-0.1, -0.05) is 24.3 Å². The topological polar surface area (TPSA) is 88.5 Å². The van der Waals surface area contributed by atoms with Gasteiger partial charge in [-0.15, -0.1) is 0 Å². The Labute approximate surface area is 140 Å². The highest BCUT2D eigenvalue weighted by Gasteiger charge is 2.23. The monoisotopic (exact) mass is 330 g/mol. The van der Waals surface area contributed by atoms with E-state index in [0.29, 0.717) is 6.42 Å². The first-order chi connectivity index (χ1) is 11.2. The Balaban J connectivity index is 1.99. The maximum Gasteiger partial charge on any atom is 0.408 e. The van der Waals surface area contributed by atoms with Crippen LogP contribution in [0.25, 0.3) is 10.9 Å². The molecule has 0 aliphatic carbocycles. The summed E-state index contributed by atoms with van der Waals surface area (Å²) in [6.45, 7) is 5.17. The third kappa shape index (κ3) is 5.22. The largest absolute Gasteiger partial charge is 0.480 e. The number of hydrogen-bond acceptors (Lipinski definition) is 4. The molecule has 0 saturated carbocycles. The standard InChI is InChI=1S/C18H22N2O4/c1-18(2,3)24-17(23)20-15(16(21)22)11-10-13-9-8-12-6-4-5-7-14(12)19-13/h4-9,15H,10-11H2,1-3H3,(H,20,23)(H,21,22). The quantitative estimate of drug-likeness (QED) is 0.879. The summed E-state index contributed by atoms with van der Waals surface area (Å²) in [5.41, 5.74) is 0.973. The summed E-state index contributed by atoms with van der Waals surface area (Å²) in [6.07, 6.45) is -0.0568. The third-order valence-corrected chi connectivity index (χ3v) is 3.33. The lowest BCUT2D eigenvalue weighted by Gasteiger charge is -2.22. The molecule has 1 aromatic carbocycles. The Morgan fingerprint density at radius 2 is 1.92 bits per heavy atom. The maximum absolute atomic E-state index is 11.7. The van der Waals surface area contributed by atoms with E-state index in [1.807, 2.05) is 36.4 Å². The summed E-state index contributed by atoms with van der Waals surface area (Å²) in [4.78, 5) is 27.6. The first-order valence-corrected chi connectivity index (χ1v) is 7.81. The number of alkyl carbamates (subject to hydrolysis) is 1. The molecule has 1 atom stereocenters. The molecular formula is C18H22N2O4. The van der Waals surface area contributed by atoms with Gasteiger partial charge in [0.1, 0.15) is 11.6 Å². The van der Waals surface area contributed by atoms with Crippen LogP contribution in [0.1, 0.15) is 32.9 Å². The lowest BCUT2D eigenvalue weighted by Crippen LogP contribution is -2.43. The predicted molar refractivity (Wildman–Crippen MR) is 90.9 cm³/mol. The van der Waals surface area contributed by atoms with Crippen LogP contribution in [-0.2, 0) is 16.0 Å². The van der Waals surface area contributed by atoms with Gasteiger partial charge in [0.25, 0.3) is 0 Å². The van der Waals surface area contributed by atoms with Crippen molar-refractivity contribution in [3.8, 4) is 0 Å². The van der Waals surface area contributed by atoms with Crippen molar-refractivity contribution in [3.05, 3.63) is 42.1 Å². The lowest BCUT2D eigenvalue weighted by molar-refractivity contribution is -0.139. The van der Waals surface area contributed by atoms with Gasteiger partial charge in [-0.3, -0.25) is 4.98 Å². The van der Waals surface area contributed by atoms with Crippen LogP contribution < -0.4 is 5.32 Å². The predicted octanol–water partition coefficient (Wildman–Crippen LogP) is 3.15. The molecule has 0 fully saturated rings. The van der Waals surface area contributed by atoms with Crippen molar-refractivity contribution in [1.82, 2.24) is 10.3 Å². The smallest absolute Gasteiger partial charge is 0.408 e. The molecular weight excluding hydrogens is 308 g/mol. The molecule has 0 saturated heterocycles. The van der Waals surface area contributed by atoms with E-state index < -0.39 is 23.7 Å². The number of carboxylic acids is 1. The number of fused-ring (bicyclic) bond motifs is 1. The zero-order valence-corrected chi connectivity index (χ0v) is 14.1. The van der Waals surface area contributed by atoms with Crippen LogP contribution in [0.2, 0.25) is 0 Å². The molecule has 1 aromatic heterocycles. The SMILES string of the molecule is CC(C)(C)OC(=O)NC(CCc1ccc2ccccc2n1)C(=O)O. The fourth-order valence-electron chi connectivity index (χ4n) is 2.25. The molecule has 2 aromatic rings. The normalized spacial score (nSPS) is 12.6. The molecule has 0 radical (unpaired) electrons. The Kier molecular flexibility index (Phi) is 5.39. The van der Waals surface area contributed by atoms with Crippen molar-refractivity contribution < 1.29 is 19.4 Å². The number of para-hydroxylation sites is 1. The Bertz CT molecular complexity index is 737. The van der Waals surface area contributed by atoms with Crippen molar-refractivity contribution in [3.63, 3.8) is 0 Å². The maximum atomic E-state index is 11.7. The Morgan fingerprint density at radius 3 is 2.58 bits per heavy atom. The van der Waals surface area contributed by atoms with Crippen molar-refractivity contribution in [2.75, 3.05) is 0 Å². The van der Waals surface area contributed by atoms with Gasteiger partial charge in [0.05, 0.1) is 5.52 Å². The molecule has 6 heteroatoms. The minimum atomic E-state index is -1.10. The van der Waals surface area contributed by atoms with Gasteiger partial charge in [-0.25, -0.2) is 9.59 Å². The van der Waals surface area contributed by atoms with E-state index in [0.717, 1.165) is 16.6 Å². The van der Waals surface area contributed by atoms with Crippen LogP contribution in [0.5, 0.6) is 0 Å². The molecule has 6 nitrogen and oxygen atoms in total. The van der Waals surface area contributed by atoms with Crippen molar-refractivity contribution >= 4 is 23.0 Å². The average Bonchev–Trinajstić information content (AvgIpc) is 2.49. The van der Waals surface area contributed by atoms with Gasteiger partial charge < -0.3 is 15.2 Å². The minimum Gasteiger partial charge on any atom is -0.480 e. The summed E-state index contributed by atoms with van der Waals surface area (Å²) < 4.78 is 5.10. The molecule has 0 aliphatic rings. The lowest BCUT2D eigenvalue weighted by atomic mass is 10.1. The number of carbonyl (C=O) groups excluding carboxylic acids is 1. The number of hydrogen-bond donors (Lipinski definition) is 2. The van der Waals surface area contributed by atoms with Crippen LogP contribution in [0, 0.1) is 0 Å². The van der Waals surface area contributed by atoms with E-state index in [1.54, 1.807) is 20.8 Å². The molecule has 1 unspecified atom stereocenters. The molecule has 0 aliphatic heterocycles. The van der Waals surface area contributed by atoms with Gasteiger partial charge in [0.15, 0.2) is 0 Å². The van der Waals surface area contributed by atoms with E-state index in [2.05, 4.69) is 10.3 Å². The molecule has 128 valence electrons. The van der Waals surface area contributed by atoms with Crippen LogP contribution in [0.15, 0.2) is 36.4 Å². The van der Waals surface area contributed by atoms with Gasteiger partial charge in [0.2, 0.25) is 0 Å². The van der Waals surface area contributed by atoms with E-state index >= 15 is 0 Å². The van der Waals surface area contributed by atoms with E-state index in [9.17, 15) is 14.7 Å². The second-order valence-corrected chi connectivity index (χ2v) is 6.57. The molecule has 1 heterocycles. The zero-order valence-electron chi connectivity index (χ0n) is 14.1. The number of rotatable bonds is 5. The van der Waals surface area contributed by atoms with Crippen LogP contribution in [0.3, 0.4) is 0 Å². The van der Waals surface area contributed by atoms with Gasteiger partial charge >= 0.3 is 12.1 Å². The molecule has 0 spiro atoms. The fourth-order valence-corrected chi connectivity index (χ4v) is 2.25. The van der Waals surface area contributed by atoms with Crippen molar-refractivity contribution in [2.45, 2.75) is 45.3 Å². The minimum absolute atomic E-state index is 0.236. The summed E-state index contributed by atoms with van der Waals surface area (Å²) >= 11 is 0. The summed E-state index contributed by atoms with van der Waals surface area (Å²) in [5, 5.41) is 12.7. The number of amides is 1. The first-order valence-electron chi connectivity index (χ1n) is 7.81. The molecule has 0 bridgehead atoms. The van der Waals surface area contributed by atoms with Crippen LogP contribution >= 0.6 is 0 Å². The number of pyridine rings is 1. The number of carbonyl (C=O) groups is 2. The van der Waals surface area contributed by atoms with Crippen LogP contribution in [-0.4, -0.2) is 33.8 Å². The number of ether oxygens (including phenoxy) is 1. The number of aryl methyl sites for hydroxylation is 1. The summed E-state index contributed by atoms with van der Waals surface area (Å²) in [5.74, 6) is -1.10. The number of aromatic nitrogens is 1. The van der Waals surface area contributed by atoms with E-state index in [4.69, 9.17) is 4.74 Å². The average molecular weight is 330 g/mol. The van der Waals surface area contributed by atoms with Gasteiger partial charge in [-0.05, 0) is 45.7 Å². The Morgan fingerprint density at radius 1 is 1.21 bits per heavy atom. The first kappa shape index (κ1) is 17.7. The highest BCUT2D eigenvalue weighted by molar-refractivity contribution is 5.80. The number of aliphatic carboxylic acids is 1. The summed E-state index contributed by atoms with van der Waals surface area (Å²) in [6, 6.07) is 10.5. The van der Waals surface area contributed by atoms with Crippen LogP contribution in [0.4, 0.5) is 4.79 Å². The number of benzene rings is 1. The van der Waals surface area contributed by atoms with E-state index in [-0.39, 0.29) is 6.42 Å². The third-order valence-electron chi connectivity index (χ3n) is 3.33. The number of nitrogens with zero attached hydrogens (tertiary/aromatic N) is 1. The highest BCUT2D eigenvalue weighted by Crippen LogP contribution is 2.14. The molecule has 2 rings (SSSR count). The fraction of sp³-hybridized carbons (Fsp3) is 0.389. The van der Waals surface area contributed by atoms with Crippen molar-refractivity contribution in [1.29, 1.82) is 0 Å². The number of nitrogens with one attached hydrogen (secondary N) is 1. The molecule has 2 N–H and O–H groups in total. The second-order valence-electron chi connectivity index (χ2n) is 6.57. The highest BCUT2D eigenvalue weighted by atomic mass is 16.6. The number of carboxylic acid groups (broad SMARTS) is 1. The Hall–Kier alpha value is -2.63. The second kappa shape index (κ2) is 7.29. The van der Waals surface area contributed by atoms with Gasteiger partial charge in [0, 0.05) is 11.1 Å². The van der Waals surface area contributed by atoms with E-state index in [1.165, 1.54) is 0 Å². The summed E-state index contributed by atoms with van der Waals surface area (Å²) in [7, 11) is 0. The molecule has 24 heavy (non-hydrogen) atoms. The van der Waals surface area contributed by atoms with Gasteiger partial charge in [-0.2, -0.15) is 0 Å². The molecule has 1 amide bonds. The van der Waals surface area contributed by atoms with Crippen molar-refractivity contribution in [2.24, 2.45) is 0 Å². The zero-order chi connectivity index (χ0) is 17.7.